The topological polar surface area (TPSA) is 53.7 Å². The fraction of sp³-hybridized carbons (Fsp3) is 0.231. The van der Waals surface area contributed by atoms with Crippen molar-refractivity contribution < 1.29 is 14.2 Å². The highest BCUT2D eigenvalue weighted by Crippen LogP contribution is 2.37. The third-order valence-corrected chi connectivity index (χ3v) is 4.46. The Morgan fingerprint density at radius 3 is 2.84 bits per heavy atom. The Kier molecular flexibility index (Phi) is 3.63. The molecule has 1 aromatic heterocycles. The van der Waals surface area contributed by atoms with Crippen molar-refractivity contribution in [3.8, 4) is 17.2 Å². The van der Waals surface area contributed by atoms with Gasteiger partial charge in [0.1, 0.15) is 11.9 Å². The molecule has 0 saturated heterocycles. The quantitative estimate of drug-likeness (QED) is 0.926. The second kappa shape index (κ2) is 5.40. The summed E-state index contributed by atoms with van der Waals surface area (Å²) in [4.78, 5) is 1.09. The number of nitrogens with two attached hydrogens (primary N) is 1. The number of thiophene rings is 1. The largest absolute Gasteiger partial charge is 0.483 e. The molecule has 2 aromatic rings. The van der Waals surface area contributed by atoms with Crippen molar-refractivity contribution in [2.24, 2.45) is 5.73 Å². The predicted octanol–water partition coefficient (Wildman–Crippen LogP) is 3.32. The molecule has 0 spiro atoms. The molecule has 19 heavy (non-hydrogen) atoms. The van der Waals surface area contributed by atoms with Crippen molar-refractivity contribution in [3.05, 3.63) is 39.0 Å². The molecule has 1 unspecified atom stereocenters. The van der Waals surface area contributed by atoms with Gasteiger partial charge in [0.2, 0.25) is 6.79 Å². The highest BCUT2D eigenvalue weighted by atomic mass is 79.9. The summed E-state index contributed by atoms with van der Waals surface area (Å²) >= 11 is 5.06. The van der Waals surface area contributed by atoms with Crippen molar-refractivity contribution in [2.75, 3.05) is 13.3 Å². The number of halogens is 1. The molecule has 2 heterocycles. The molecular formula is C13H12BrNO3S. The Labute approximate surface area is 123 Å². The molecule has 0 amide bonds. The van der Waals surface area contributed by atoms with Crippen LogP contribution in [0.15, 0.2) is 34.1 Å². The molecule has 3 rings (SSSR count). The number of ether oxygens (including phenoxy) is 3. The van der Waals surface area contributed by atoms with Crippen LogP contribution in [0.3, 0.4) is 0 Å². The lowest BCUT2D eigenvalue weighted by Crippen LogP contribution is -2.17. The molecule has 0 aliphatic carbocycles. The van der Waals surface area contributed by atoms with Gasteiger partial charge in [-0.05, 0) is 40.2 Å². The van der Waals surface area contributed by atoms with E-state index in [9.17, 15) is 0 Å². The van der Waals surface area contributed by atoms with Crippen molar-refractivity contribution >= 4 is 27.3 Å². The van der Waals surface area contributed by atoms with Crippen molar-refractivity contribution in [3.63, 3.8) is 0 Å². The minimum absolute atomic E-state index is 0.156. The van der Waals surface area contributed by atoms with Crippen LogP contribution in [0.2, 0.25) is 0 Å². The standard InChI is InChI=1S/C13H12BrNO3S/c14-13-4-3-12(19-13)11(6-15)18-8-1-2-9-10(5-8)17-7-16-9/h1-5,11H,6-7,15H2. The Hall–Kier alpha value is -1.24. The van der Waals surface area contributed by atoms with E-state index in [0.717, 1.165) is 20.2 Å². The van der Waals surface area contributed by atoms with Crippen molar-refractivity contribution in [1.82, 2.24) is 0 Å². The number of hydrogen-bond acceptors (Lipinski definition) is 5. The van der Waals surface area contributed by atoms with Gasteiger partial charge in [0.25, 0.3) is 0 Å². The van der Waals surface area contributed by atoms with Gasteiger partial charge in [0.05, 0.1) is 3.79 Å². The number of benzene rings is 1. The van der Waals surface area contributed by atoms with Gasteiger partial charge in [-0.3, -0.25) is 0 Å². The van der Waals surface area contributed by atoms with E-state index in [0.29, 0.717) is 12.3 Å². The second-order valence-electron chi connectivity index (χ2n) is 4.00. The summed E-state index contributed by atoms with van der Waals surface area (Å²) in [6.07, 6.45) is -0.156. The van der Waals surface area contributed by atoms with Crippen LogP contribution >= 0.6 is 27.3 Å². The van der Waals surface area contributed by atoms with Gasteiger partial charge in [-0.15, -0.1) is 11.3 Å². The summed E-state index contributed by atoms with van der Waals surface area (Å²) in [5.74, 6) is 2.18. The van der Waals surface area contributed by atoms with Crippen LogP contribution in [0.1, 0.15) is 11.0 Å². The highest BCUT2D eigenvalue weighted by molar-refractivity contribution is 9.11. The van der Waals surface area contributed by atoms with E-state index in [1.807, 2.05) is 30.3 Å². The molecule has 0 radical (unpaired) electrons. The third-order valence-electron chi connectivity index (χ3n) is 2.75. The molecule has 1 aliphatic heterocycles. The lowest BCUT2D eigenvalue weighted by Gasteiger charge is -2.16. The molecule has 4 nitrogen and oxygen atoms in total. The Morgan fingerprint density at radius 2 is 2.11 bits per heavy atom. The molecule has 100 valence electrons. The summed E-state index contributed by atoms with van der Waals surface area (Å²) in [6.45, 7) is 0.679. The molecule has 2 N–H and O–H groups in total. The summed E-state index contributed by atoms with van der Waals surface area (Å²) in [5, 5.41) is 0. The summed E-state index contributed by atoms with van der Waals surface area (Å²) in [6, 6.07) is 9.53. The van der Waals surface area contributed by atoms with Crippen LogP contribution in [0, 0.1) is 0 Å². The molecular weight excluding hydrogens is 330 g/mol. The average molecular weight is 342 g/mol. The van der Waals surface area contributed by atoms with Crippen LogP contribution < -0.4 is 19.9 Å². The summed E-state index contributed by atoms with van der Waals surface area (Å²) in [7, 11) is 0. The maximum Gasteiger partial charge on any atom is 0.231 e. The van der Waals surface area contributed by atoms with Crippen LogP contribution in [0.5, 0.6) is 17.2 Å². The number of rotatable bonds is 4. The molecule has 0 bridgehead atoms. The smallest absolute Gasteiger partial charge is 0.231 e. The zero-order chi connectivity index (χ0) is 13.2. The number of hydrogen-bond donors (Lipinski definition) is 1. The van der Waals surface area contributed by atoms with E-state index >= 15 is 0 Å². The first kappa shape index (κ1) is 12.8. The molecule has 6 heteroatoms. The lowest BCUT2D eigenvalue weighted by atomic mass is 10.2. The maximum absolute atomic E-state index is 5.92. The van der Waals surface area contributed by atoms with Crippen LogP contribution in [0.4, 0.5) is 0 Å². The van der Waals surface area contributed by atoms with Crippen LogP contribution in [-0.4, -0.2) is 13.3 Å². The van der Waals surface area contributed by atoms with Crippen molar-refractivity contribution in [1.29, 1.82) is 0 Å². The monoisotopic (exact) mass is 341 g/mol. The first-order chi connectivity index (χ1) is 9.26. The third kappa shape index (κ3) is 2.70. The molecule has 0 fully saturated rings. The zero-order valence-electron chi connectivity index (χ0n) is 9.97. The van der Waals surface area contributed by atoms with E-state index in [1.54, 1.807) is 11.3 Å². The SMILES string of the molecule is NCC(Oc1ccc2c(c1)OCO2)c1ccc(Br)s1. The highest BCUT2D eigenvalue weighted by Gasteiger charge is 2.17. The minimum atomic E-state index is -0.156. The Morgan fingerprint density at radius 1 is 1.26 bits per heavy atom. The Bertz CT molecular complexity index is 587. The Balaban J connectivity index is 1.79. The van der Waals surface area contributed by atoms with E-state index in [-0.39, 0.29) is 12.9 Å². The van der Waals surface area contributed by atoms with Crippen LogP contribution in [-0.2, 0) is 0 Å². The minimum Gasteiger partial charge on any atom is -0.483 e. The van der Waals surface area contributed by atoms with Gasteiger partial charge in [0, 0.05) is 17.5 Å². The maximum atomic E-state index is 5.92. The summed E-state index contributed by atoms with van der Waals surface area (Å²) in [5.41, 5.74) is 5.79. The fourth-order valence-electron chi connectivity index (χ4n) is 1.84. The van der Waals surface area contributed by atoms with Crippen molar-refractivity contribution in [2.45, 2.75) is 6.10 Å². The van der Waals surface area contributed by atoms with Crippen LogP contribution in [0.25, 0.3) is 0 Å². The molecule has 1 atom stereocenters. The van der Waals surface area contributed by atoms with Gasteiger partial charge >= 0.3 is 0 Å². The fourth-order valence-corrected chi connectivity index (χ4v) is 3.30. The predicted molar refractivity (Wildman–Crippen MR) is 77.0 cm³/mol. The van der Waals surface area contributed by atoms with Gasteiger partial charge in [-0.2, -0.15) is 0 Å². The van der Waals surface area contributed by atoms with E-state index in [4.69, 9.17) is 19.9 Å². The van der Waals surface area contributed by atoms with Gasteiger partial charge in [-0.1, -0.05) is 0 Å². The first-order valence-corrected chi connectivity index (χ1v) is 7.39. The zero-order valence-corrected chi connectivity index (χ0v) is 12.4. The van der Waals surface area contributed by atoms with Gasteiger partial charge < -0.3 is 19.9 Å². The van der Waals surface area contributed by atoms with Gasteiger partial charge in [-0.25, -0.2) is 0 Å². The van der Waals surface area contributed by atoms with Gasteiger partial charge in [0.15, 0.2) is 11.5 Å². The van der Waals surface area contributed by atoms with E-state index in [1.165, 1.54) is 0 Å². The number of fused-ring (bicyclic) bond motifs is 1. The van der Waals surface area contributed by atoms with E-state index in [2.05, 4.69) is 15.9 Å². The summed E-state index contributed by atoms with van der Waals surface area (Å²) < 4.78 is 17.6. The average Bonchev–Trinajstić information content (AvgIpc) is 3.04. The van der Waals surface area contributed by atoms with E-state index < -0.39 is 0 Å². The molecule has 0 saturated carbocycles. The molecule has 1 aliphatic rings. The molecule has 1 aromatic carbocycles. The first-order valence-electron chi connectivity index (χ1n) is 5.78. The second-order valence-corrected chi connectivity index (χ2v) is 6.49. The normalized spacial score (nSPS) is 14.4. The lowest BCUT2D eigenvalue weighted by molar-refractivity contribution is 0.173.